The number of benzene rings is 2. The number of thiophene rings is 1. The zero-order chi connectivity index (χ0) is 25.7. The van der Waals surface area contributed by atoms with Crippen LogP contribution in [0, 0.1) is 5.82 Å². The van der Waals surface area contributed by atoms with E-state index in [4.69, 9.17) is 9.47 Å². The summed E-state index contributed by atoms with van der Waals surface area (Å²) < 4.78 is 52.6. The third-order valence-electron chi connectivity index (χ3n) is 5.55. The quantitative estimate of drug-likeness (QED) is 0.297. The van der Waals surface area contributed by atoms with Gasteiger partial charge in [0.25, 0.3) is 10.0 Å². The highest BCUT2D eigenvalue weighted by Crippen LogP contribution is 2.39. The zero-order valence-electron chi connectivity index (χ0n) is 20.0. The molecule has 4 rings (SSSR count). The number of carbonyl (C=O) groups excluding carboxylic acids is 1. The van der Waals surface area contributed by atoms with Crippen LogP contribution in [0.4, 0.5) is 10.1 Å². The zero-order valence-corrected chi connectivity index (χ0v) is 21.6. The molecule has 2 aromatic carbocycles. The number of halogens is 1. The van der Waals surface area contributed by atoms with Crippen LogP contribution in [0.5, 0.6) is 11.5 Å². The molecule has 2 heterocycles. The normalized spacial score (nSPS) is 15.6. The van der Waals surface area contributed by atoms with Crippen molar-refractivity contribution in [2.75, 3.05) is 24.1 Å². The Morgan fingerprint density at radius 3 is 2.42 bits per heavy atom. The summed E-state index contributed by atoms with van der Waals surface area (Å²) in [6.07, 6.45) is 1.85. The molecule has 190 valence electrons. The second-order valence-electron chi connectivity index (χ2n) is 7.96. The second kappa shape index (κ2) is 11.1. The average Bonchev–Trinajstić information content (AvgIpc) is 3.34. The van der Waals surface area contributed by atoms with Gasteiger partial charge in [0, 0.05) is 12.7 Å². The SMILES string of the molecule is CCOc1ccc(CCNC=C2C(=O)c3sccc3N(Cc3ccc(F)cc3)S2(=O)=O)cc1OCC. The Hall–Kier alpha value is -3.37. The molecule has 0 spiro atoms. The lowest BCUT2D eigenvalue weighted by Gasteiger charge is -2.29. The number of ether oxygens (including phenoxy) is 2. The van der Waals surface area contributed by atoms with Gasteiger partial charge in [-0.3, -0.25) is 9.10 Å². The van der Waals surface area contributed by atoms with Gasteiger partial charge < -0.3 is 14.8 Å². The monoisotopic (exact) mass is 530 g/mol. The summed E-state index contributed by atoms with van der Waals surface area (Å²) in [5, 5.41) is 4.68. The maximum atomic E-state index is 13.4. The number of nitrogens with zero attached hydrogens (tertiary/aromatic N) is 1. The minimum atomic E-state index is -4.12. The molecular weight excluding hydrogens is 503 g/mol. The molecule has 0 radical (unpaired) electrons. The highest BCUT2D eigenvalue weighted by atomic mass is 32.2. The molecule has 1 aliphatic heterocycles. The van der Waals surface area contributed by atoms with E-state index in [0.717, 1.165) is 5.56 Å². The Kier molecular flexibility index (Phi) is 7.95. The third kappa shape index (κ3) is 5.39. The number of anilines is 1. The van der Waals surface area contributed by atoms with Crippen LogP contribution in [0.1, 0.15) is 34.6 Å². The number of allylic oxidation sites excluding steroid dienone is 1. The number of fused-ring (bicyclic) bond motifs is 1. The number of sulfonamides is 1. The van der Waals surface area contributed by atoms with E-state index in [1.165, 1.54) is 46.1 Å². The van der Waals surface area contributed by atoms with Crippen LogP contribution in [0.2, 0.25) is 0 Å². The molecule has 1 aliphatic rings. The summed E-state index contributed by atoms with van der Waals surface area (Å²) in [6, 6.07) is 12.9. The maximum Gasteiger partial charge on any atom is 0.270 e. The largest absolute Gasteiger partial charge is 0.490 e. The number of carbonyl (C=O) groups is 1. The Balaban J connectivity index is 1.52. The van der Waals surface area contributed by atoms with E-state index in [2.05, 4.69) is 5.32 Å². The third-order valence-corrected chi connectivity index (χ3v) is 8.22. The van der Waals surface area contributed by atoms with Gasteiger partial charge in [0.2, 0.25) is 5.78 Å². The van der Waals surface area contributed by atoms with Gasteiger partial charge in [0.1, 0.15) is 10.7 Å². The highest BCUT2D eigenvalue weighted by Gasteiger charge is 2.41. The molecule has 0 amide bonds. The Labute approximate surface area is 214 Å². The van der Waals surface area contributed by atoms with Crippen molar-refractivity contribution in [2.24, 2.45) is 0 Å². The molecule has 0 saturated carbocycles. The van der Waals surface area contributed by atoms with E-state index in [1.54, 1.807) is 11.4 Å². The van der Waals surface area contributed by atoms with E-state index in [1.807, 2.05) is 32.0 Å². The van der Waals surface area contributed by atoms with E-state index < -0.39 is 21.6 Å². The van der Waals surface area contributed by atoms with Gasteiger partial charge in [0.15, 0.2) is 16.4 Å². The van der Waals surface area contributed by atoms with Crippen molar-refractivity contribution >= 4 is 32.8 Å². The van der Waals surface area contributed by atoms with Crippen molar-refractivity contribution in [2.45, 2.75) is 26.8 Å². The fraction of sp³-hybridized carbons (Fsp3) is 0.269. The molecule has 0 unspecified atom stereocenters. The van der Waals surface area contributed by atoms with Gasteiger partial charge in [-0.25, -0.2) is 12.8 Å². The van der Waals surface area contributed by atoms with E-state index in [9.17, 15) is 17.6 Å². The number of rotatable bonds is 10. The van der Waals surface area contributed by atoms with Crippen molar-refractivity contribution < 1.29 is 27.1 Å². The van der Waals surface area contributed by atoms with Gasteiger partial charge in [-0.2, -0.15) is 0 Å². The summed E-state index contributed by atoms with van der Waals surface area (Å²) in [4.78, 5) is 13.1. The molecule has 1 aromatic heterocycles. The van der Waals surface area contributed by atoms with Gasteiger partial charge in [-0.15, -0.1) is 11.3 Å². The Bertz CT molecular complexity index is 1370. The van der Waals surface area contributed by atoms with Crippen LogP contribution in [0.15, 0.2) is 65.0 Å². The highest BCUT2D eigenvalue weighted by molar-refractivity contribution is 7.97. The van der Waals surface area contributed by atoms with Crippen LogP contribution in [-0.4, -0.2) is 34.0 Å². The van der Waals surface area contributed by atoms with Crippen LogP contribution in [-0.2, 0) is 23.0 Å². The van der Waals surface area contributed by atoms with Crippen LogP contribution >= 0.6 is 11.3 Å². The lowest BCUT2D eigenvalue weighted by Crippen LogP contribution is -2.38. The molecule has 0 bridgehead atoms. The molecule has 3 aromatic rings. The number of hydrogen-bond acceptors (Lipinski definition) is 7. The molecule has 0 aliphatic carbocycles. The first-order valence-corrected chi connectivity index (χ1v) is 13.9. The van der Waals surface area contributed by atoms with Gasteiger partial charge >= 0.3 is 0 Å². The molecule has 0 saturated heterocycles. The van der Waals surface area contributed by atoms with E-state index >= 15 is 0 Å². The average molecular weight is 531 g/mol. The summed E-state index contributed by atoms with van der Waals surface area (Å²) in [6.45, 7) is 5.23. The first-order valence-electron chi connectivity index (χ1n) is 11.6. The summed E-state index contributed by atoms with van der Waals surface area (Å²) in [5.41, 5.74) is 1.92. The van der Waals surface area contributed by atoms with E-state index in [0.29, 0.717) is 53.8 Å². The number of Topliss-reactive ketones (excluding diaryl/α,β-unsaturated/α-hetero) is 1. The maximum absolute atomic E-state index is 13.4. The van der Waals surface area contributed by atoms with Crippen LogP contribution < -0.4 is 19.1 Å². The van der Waals surface area contributed by atoms with E-state index in [-0.39, 0.29) is 11.4 Å². The molecule has 7 nitrogen and oxygen atoms in total. The standard InChI is InChI=1S/C26H27FN2O5S2/c1-3-33-22-10-7-18(15-23(22)34-4-2)11-13-28-16-24-25(30)26-21(12-14-35-26)29(36(24,31)32)17-19-5-8-20(27)9-6-19/h5-10,12,14-16,28H,3-4,11,13,17H2,1-2H3. The topological polar surface area (TPSA) is 84.9 Å². The second-order valence-corrected chi connectivity index (χ2v) is 10.7. The first kappa shape index (κ1) is 25.7. The van der Waals surface area contributed by atoms with Crippen molar-refractivity contribution in [3.8, 4) is 11.5 Å². The number of ketones is 1. The van der Waals surface area contributed by atoms with Crippen molar-refractivity contribution in [3.05, 3.63) is 86.8 Å². The molecular formula is C26H27FN2O5S2. The van der Waals surface area contributed by atoms with Crippen molar-refractivity contribution in [1.29, 1.82) is 0 Å². The lowest BCUT2D eigenvalue weighted by atomic mass is 10.1. The van der Waals surface area contributed by atoms with Crippen LogP contribution in [0.3, 0.4) is 0 Å². The van der Waals surface area contributed by atoms with Crippen LogP contribution in [0.25, 0.3) is 0 Å². The molecule has 1 N–H and O–H groups in total. The predicted octanol–water partition coefficient (Wildman–Crippen LogP) is 4.89. The fourth-order valence-electron chi connectivity index (χ4n) is 3.84. The summed E-state index contributed by atoms with van der Waals surface area (Å²) in [5.74, 6) is 0.381. The van der Waals surface area contributed by atoms with Crippen molar-refractivity contribution in [3.63, 3.8) is 0 Å². The minimum Gasteiger partial charge on any atom is -0.490 e. The smallest absolute Gasteiger partial charge is 0.270 e. The molecule has 36 heavy (non-hydrogen) atoms. The van der Waals surface area contributed by atoms with Crippen molar-refractivity contribution in [1.82, 2.24) is 5.32 Å². The predicted molar refractivity (Wildman–Crippen MR) is 139 cm³/mol. The summed E-state index contributed by atoms with van der Waals surface area (Å²) >= 11 is 1.19. The molecule has 0 fully saturated rings. The summed E-state index contributed by atoms with van der Waals surface area (Å²) in [7, 11) is -4.12. The Morgan fingerprint density at radius 1 is 1.00 bits per heavy atom. The number of hydrogen-bond donors (Lipinski definition) is 1. The lowest BCUT2D eigenvalue weighted by molar-refractivity contribution is 0.104. The van der Waals surface area contributed by atoms with Gasteiger partial charge in [-0.05, 0) is 67.1 Å². The fourth-order valence-corrected chi connectivity index (χ4v) is 6.35. The first-order chi connectivity index (χ1) is 17.3. The van der Waals surface area contributed by atoms with Gasteiger partial charge in [0.05, 0.1) is 25.4 Å². The molecule has 0 atom stereocenters. The Morgan fingerprint density at radius 2 is 1.69 bits per heavy atom. The minimum absolute atomic E-state index is 0.0106. The van der Waals surface area contributed by atoms with Gasteiger partial charge in [-0.1, -0.05) is 18.2 Å². The molecule has 10 heteroatoms. The number of nitrogens with one attached hydrogen (secondary N) is 1.